The van der Waals surface area contributed by atoms with Crippen molar-refractivity contribution < 1.29 is 14.6 Å². The molecule has 0 saturated carbocycles. The van der Waals surface area contributed by atoms with Gasteiger partial charge in [-0.1, -0.05) is 30.3 Å². The normalized spacial score (nSPS) is 10.5. The highest BCUT2D eigenvalue weighted by Crippen LogP contribution is 2.16. The smallest absolute Gasteiger partial charge is 0.122 e. The first kappa shape index (κ1) is 16.3. The van der Waals surface area contributed by atoms with E-state index in [4.69, 9.17) is 14.6 Å². The number of aryl methyl sites for hydroxylation is 1. The van der Waals surface area contributed by atoms with Crippen molar-refractivity contribution in [3.8, 4) is 11.5 Å². The van der Waals surface area contributed by atoms with Crippen LogP contribution >= 0.6 is 0 Å². The van der Waals surface area contributed by atoms with Gasteiger partial charge in [-0.05, 0) is 36.2 Å². The monoisotopic (exact) mass is 301 g/mol. The Morgan fingerprint density at radius 2 is 1.68 bits per heavy atom. The molecule has 0 amide bonds. The summed E-state index contributed by atoms with van der Waals surface area (Å²) in [6, 6.07) is 15.9. The van der Waals surface area contributed by atoms with Gasteiger partial charge in [0, 0.05) is 13.1 Å². The molecule has 0 aromatic heterocycles. The van der Waals surface area contributed by atoms with Gasteiger partial charge in [-0.3, -0.25) is 0 Å². The molecule has 0 unspecified atom stereocenters. The Hall–Kier alpha value is -2.04. The van der Waals surface area contributed by atoms with Crippen LogP contribution in [0.5, 0.6) is 11.5 Å². The minimum atomic E-state index is 0.155. The largest absolute Gasteiger partial charge is 0.490 e. The molecular formula is C18H23NO3. The fraction of sp³-hybridized carbons (Fsp3) is 0.333. The number of benzene rings is 2. The zero-order chi connectivity index (χ0) is 15.6. The molecule has 2 aromatic carbocycles. The molecule has 2 rings (SSSR count). The number of rotatable bonds is 9. The van der Waals surface area contributed by atoms with Crippen molar-refractivity contribution in [1.82, 2.24) is 5.32 Å². The minimum absolute atomic E-state index is 0.155. The molecule has 2 aromatic rings. The van der Waals surface area contributed by atoms with E-state index in [1.807, 2.05) is 55.5 Å². The summed E-state index contributed by atoms with van der Waals surface area (Å²) >= 11 is 0. The van der Waals surface area contributed by atoms with Crippen molar-refractivity contribution in [2.45, 2.75) is 13.5 Å². The maximum absolute atomic E-state index is 8.71. The van der Waals surface area contributed by atoms with Gasteiger partial charge >= 0.3 is 0 Å². The second kappa shape index (κ2) is 9.07. The second-order valence-corrected chi connectivity index (χ2v) is 5.01. The zero-order valence-corrected chi connectivity index (χ0v) is 12.9. The predicted molar refractivity (Wildman–Crippen MR) is 87.4 cm³/mol. The maximum atomic E-state index is 8.71. The van der Waals surface area contributed by atoms with Gasteiger partial charge in [0.2, 0.25) is 0 Å². The molecule has 0 aliphatic carbocycles. The Labute approximate surface area is 131 Å². The number of para-hydroxylation sites is 1. The predicted octanol–water partition coefficient (Wildman–Crippen LogP) is 2.53. The van der Waals surface area contributed by atoms with Crippen LogP contribution in [0.15, 0.2) is 48.5 Å². The van der Waals surface area contributed by atoms with Gasteiger partial charge in [0.05, 0.1) is 6.61 Å². The van der Waals surface area contributed by atoms with E-state index in [0.29, 0.717) is 19.8 Å². The van der Waals surface area contributed by atoms with Crippen LogP contribution in [0, 0.1) is 6.92 Å². The van der Waals surface area contributed by atoms with E-state index in [2.05, 4.69) is 5.32 Å². The summed E-state index contributed by atoms with van der Waals surface area (Å²) in [5.74, 6) is 1.73. The number of ether oxygens (including phenoxy) is 2. The van der Waals surface area contributed by atoms with Gasteiger partial charge in [0.25, 0.3) is 0 Å². The van der Waals surface area contributed by atoms with Gasteiger partial charge < -0.3 is 19.9 Å². The molecule has 22 heavy (non-hydrogen) atoms. The van der Waals surface area contributed by atoms with Gasteiger partial charge in [-0.25, -0.2) is 0 Å². The summed E-state index contributed by atoms with van der Waals surface area (Å²) < 4.78 is 11.4. The highest BCUT2D eigenvalue weighted by atomic mass is 16.5. The molecule has 0 spiro atoms. The van der Waals surface area contributed by atoms with Crippen molar-refractivity contribution >= 4 is 0 Å². The van der Waals surface area contributed by atoms with E-state index in [1.54, 1.807) is 0 Å². The molecule has 4 nitrogen and oxygen atoms in total. The van der Waals surface area contributed by atoms with Gasteiger partial charge in [-0.15, -0.1) is 0 Å². The van der Waals surface area contributed by atoms with E-state index in [-0.39, 0.29) is 6.61 Å². The van der Waals surface area contributed by atoms with Gasteiger partial charge in [-0.2, -0.15) is 0 Å². The Morgan fingerprint density at radius 3 is 2.41 bits per heavy atom. The standard InChI is InChI=1S/C18H23NO3/c1-15-4-2-3-5-18(15)22-13-12-21-17-8-6-16(7-9-17)14-19-10-11-20/h2-9,19-20H,10-14H2,1H3. The quantitative estimate of drug-likeness (QED) is 0.699. The Kier molecular flexibility index (Phi) is 6.74. The fourth-order valence-electron chi connectivity index (χ4n) is 2.04. The average molecular weight is 301 g/mol. The minimum Gasteiger partial charge on any atom is -0.490 e. The number of nitrogens with one attached hydrogen (secondary N) is 1. The molecular weight excluding hydrogens is 278 g/mol. The SMILES string of the molecule is Cc1ccccc1OCCOc1ccc(CNCCO)cc1. The summed E-state index contributed by atoms with van der Waals surface area (Å²) in [7, 11) is 0. The number of aliphatic hydroxyl groups is 1. The lowest BCUT2D eigenvalue weighted by Gasteiger charge is -2.10. The molecule has 0 atom stereocenters. The first-order chi connectivity index (χ1) is 10.8. The van der Waals surface area contributed by atoms with E-state index in [1.165, 1.54) is 0 Å². The topological polar surface area (TPSA) is 50.7 Å². The molecule has 0 saturated heterocycles. The second-order valence-electron chi connectivity index (χ2n) is 5.01. The van der Waals surface area contributed by atoms with E-state index in [9.17, 15) is 0 Å². The third-order valence-electron chi connectivity index (χ3n) is 3.24. The molecule has 2 N–H and O–H groups in total. The molecule has 0 bridgehead atoms. The lowest BCUT2D eigenvalue weighted by molar-refractivity contribution is 0.216. The molecule has 0 heterocycles. The lowest BCUT2D eigenvalue weighted by atomic mass is 10.2. The van der Waals surface area contributed by atoms with Crippen LogP contribution in [0.25, 0.3) is 0 Å². The Morgan fingerprint density at radius 1 is 0.955 bits per heavy atom. The number of aliphatic hydroxyl groups excluding tert-OH is 1. The third kappa shape index (κ3) is 5.39. The van der Waals surface area contributed by atoms with Crippen LogP contribution < -0.4 is 14.8 Å². The molecule has 4 heteroatoms. The van der Waals surface area contributed by atoms with Crippen molar-refractivity contribution in [3.63, 3.8) is 0 Å². The Balaban J connectivity index is 1.70. The van der Waals surface area contributed by atoms with Crippen LogP contribution in [-0.4, -0.2) is 31.5 Å². The van der Waals surface area contributed by atoms with Crippen LogP contribution in [0.2, 0.25) is 0 Å². The van der Waals surface area contributed by atoms with Gasteiger partial charge in [0.1, 0.15) is 24.7 Å². The van der Waals surface area contributed by atoms with E-state index < -0.39 is 0 Å². The van der Waals surface area contributed by atoms with Crippen LogP contribution in [0.4, 0.5) is 0 Å². The highest BCUT2D eigenvalue weighted by Gasteiger charge is 1.99. The molecule has 0 fully saturated rings. The average Bonchev–Trinajstić information content (AvgIpc) is 2.55. The molecule has 118 valence electrons. The third-order valence-corrected chi connectivity index (χ3v) is 3.24. The molecule has 0 aliphatic rings. The number of hydrogen-bond donors (Lipinski definition) is 2. The Bertz CT molecular complexity index is 555. The number of hydrogen-bond acceptors (Lipinski definition) is 4. The summed E-state index contributed by atoms with van der Waals surface area (Å²) in [6.45, 7) is 4.56. The summed E-state index contributed by atoms with van der Waals surface area (Å²) in [5, 5.41) is 11.8. The van der Waals surface area contributed by atoms with Crippen molar-refractivity contribution in [2.24, 2.45) is 0 Å². The summed E-state index contributed by atoms with van der Waals surface area (Å²) in [5.41, 5.74) is 2.29. The van der Waals surface area contributed by atoms with Crippen LogP contribution in [0.3, 0.4) is 0 Å². The van der Waals surface area contributed by atoms with Crippen molar-refractivity contribution in [3.05, 3.63) is 59.7 Å². The lowest BCUT2D eigenvalue weighted by Crippen LogP contribution is -2.17. The van der Waals surface area contributed by atoms with E-state index in [0.717, 1.165) is 29.2 Å². The van der Waals surface area contributed by atoms with E-state index >= 15 is 0 Å². The first-order valence-corrected chi connectivity index (χ1v) is 7.51. The fourth-order valence-corrected chi connectivity index (χ4v) is 2.04. The summed E-state index contributed by atoms with van der Waals surface area (Å²) in [4.78, 5) is 0. The summed E-state index contributed by atoms with van der Waals surface area (Å²) in [6.07, 6.45) is 0. The molecule has 0 aliphatic heterocycles. The highest BCUT2D eigenvalue weighted by molar-refractivity contribution is 5.31. The van der Waals surface area contributed by atoms with Crippen LogP contribution in [-0.2, 0) is 6.54 Å². The molecule has 0 radical (unpaired) electrons. The first-order valence-electron chi connectivity index (χ1n) is 7.51. The maximum Gasteiger partial charge on any atom is 0.122 e. The van der Waals surface area contributed by atoms with Crippen molar-refractivity contribution in [1.29, 1.82) is 0 Å². The van der Waals surface area contributed by atoms with Crippen LogP contribution in [0.1, 0.15) is 11.1 Å². The zero-order valence-electron chi connectivity index (χ0n) is 12.9. The van der Waals surface area contributed by atoms with Crippen molar-refractivity contribution in [2.75, 3.05) is 26.4 Å². The van der Waals surface area contributed by atoms with Gasteiger partial charge in [0.15, 0.2) is 0 Å².